The zero-order chi connectivity index (χ0) is 7.56. The Hall–Kier alpha value is -0.0800. The van der Waals surface area contributed by atoms with Gasteiger partial charge in [0.2, 0.25) is 0 Å². The van der Waals surface area contributed by atoms with Gasteiger partial charge in [-0.05, 0) is 18.1 Å². The van der Waals surface area contributed by atoms with Crippen molar-refractivity contribution in [3.8, 4) is 0 Å². The number of aromatic nitrogens is 1. The van der Waals surface area contributed by atoms with Gasteiger partial charge in [0.1, 0.15) is 0 Å². The van der Waals surface area contributed by atoms with E-state index >= 15 is 0 Å². The minimum Gasteiger partial charge on any atom is -0.264 e. The van der Waals surface area contributed by atoms with Crippen LogP contribution in [0, 0.1) is 6.92 Å². The third kappa shape index (κ3) is 1.50. The molecule has 0 spiro atoms. The molecule has 0 N–H and O–H groups in total. The average molecular weight is 220 g/mol. The van der Waals surface area contributed by atoms with E-state index in [2.05, 4.69) is 20.9 Å². The second-order valence-corrected chi connectivity index (χ2v) is 3.12. The number of rotatable bonds is 1. The first-order valence-corrected chi connectivity index (χ1v) is 4.23. The first-order valence-electron chi connectivity index (χ1n) is 2.90. The molecule has 0 radical (unpaired) electrons. The molecule has 0 aliphatic carbocycles. The van der Waals surface area contributed by atoms with Gasteiger partial charge in [0.15, 0.2) is 0 Å². The highest BCUT2D eigenvalue weighted by atomic mass is 79.9. The highest BCUT2D eigenvalue weighted by molar-refractivity contribution is 9.10. The molecule has 10 heavy (non-hydrogen) atoms. The Kier molecular flexibility index (Phi) is 2.69. The van der Waals surface area contributed by atoms with Crippen molar-refractivity contribution in [1.82, 2.24) is 4.98 Å². The molecule has 0 aliphatic rings. The lowest BCUT2D eigenvalue weighted by Gasteiger charge is -2.00. The summed E-state index contributed by atoms with van der Waals surface area (Å²) in [7, 11) is 0. The summed E-state index contributed by atoms with van der Waals surface area (Å²) in [6.45, 7) is 1.99. The van der Waals surface area contributed by atoms with Crippen LogP contribution >= 0.6 is 27.5 Å². The predicted octanol–water partition coefficient (Wildman–Crippen LogP) is 2.89. The molecular weight excluding hydrogens is 213 g/mol. The number of pyridine rings is 1. The maximum Gasteiger partial charge on any atom is 0.0500 e. The lowest BCUT2D eigenvalue weighted by atomic mass is 10.2. The molecule has 1 aromatic heterocycles. The first-order chi connectivity index (χ1) is 4.75. The molecule has 0 amide bonds. The molecule has 0 fully saturated rings. The average Bonchev–Trinajstić information content (AvgIpc) is 1.95. The summed E-state index contributed by atoms with van der Waals surface area (Å²) in [6.07, 6.45) is 3.57. The van der Waals surface area contributed by atoms with Gasteiger partial charge in [-0.15, -0.1) is 11.6 Å². The van der Waals surface area contributed by atoms with E-state index in [0.717, 1.165) is 15.6 Å². The Morgan fingerprint density at radius 1 is 1.60 bits per heavy atom. The van der Waals surface area contributed by atoms with Gasteiger partial charge in [0.05, 0.1) is 5.88 Å². The summed E-state index contributed by atoms with van der Waals surface area (Å²) in [4.78, 5) is 4.00. The second kappa shape index (κ2) is 3.35. The lowest BCUT2D eigenvalue weighted by Crippen LogP contribution is -1.86. The summed E-state index contributed by atoms with van der Waals surface area (Å²) < 4.78 is 1.07. The Morgan fingerprint density at radius 3 is 2.80 bits per heavy atom. The van der Waals surface area contributed by atoms with E-state index in [1.54, 1.807) is 12.4 Å². The minimum atomic E-state index is 0.509. The van der Waals surface area contributed by atoms with Crippen molar-refractivity contribution in [2.45, 2.75) is 12.8 Å². The molecule has 1 aromatic rings. The van der Waals surface area contributed by atoms with Crippen LogP contribution in [0.15, 0.2) is 16.9 Å². The van der Waals surface area contributed by atoms with Crippen LogP contribution in [0.2, 0.25) is 0 Å². The van der Waals surface area contributed by atoms with Crippen LogP contribution in [-0.2, 0) is 5.88 Å². The first kappa shape index (κ1) is 8.02. The van der Waals surface area contributed by atoms with Crippen molar-refractivity contribution in [3.63, 3.8) is 0 Å². The summed E-state index contributed by atoms with van der Waals surface area (Å²) in [5.41, 5.74) is 2.17. The SMILES string of the molecule is Cc1cncc(CCl)c1Br. The summed E-state index contributed by atoms with van der Waals surface area (Å²) in [5.74, 6) is 0.509. The monoisotopic (exact) mass is 219 g/mol. The maximum absolute atomic E-state index is 5.63. The molecule has 54 valence electrons. The fourth-order valence-corrected chi connectivity index (χ4v) is 1.41. The second-order valence-electron chi connectivity index (χ2n) is 2.06. The summed E-state index contributed by atoms with van der Waals surface area (Å²) in [5, 5.41) is 0. The van der Waals surface area contributed by atoms with Gasteiger partial charge in [-0.1, -0.05) is 15.9 Å². The quantitative estimate of drug-likeness (QED) is 0.663. The normalized spacial score (nSPS) is 9.90. The topological polar surface area (TPSA) is 12.9 Å². The Bertz CT molecular complexity index is 237. The van der Waals surface area contributed by atoms with Gasteiger partial charge >= 0.3 is 0 Å². The van der Waals surface area contributed by atoms with E-state index in [4.69, 9.17) is 11.6 Å². The zero-order valence-electron chi connectivity index (χ0n) is 5.56. The van der Waals surface area contributed by atoms with Crippen LogP contribution in [-0.4, -0.2) is 4.98 Å². The van der Waals surface area contributed by atoms with Gasteiger partial charge in [0.25, 0.3) is 0 Å². The van der Waals surface area contributed by atoms with E-state index in [1.165, 1.54) is 0 Å². The molecule has 0 saturated carbocycles. The van der Waals surface area contributed by atoms with E-state index in [1.807, 2.05) is 6.92 Å². The highest BCUT2D eigenvalue weighted by Crippen LogP contribution is 2.20. The van der Waals surface area contributed by atoms with Gasteiger partial charge in [0, 0.05) is 16.9 Å². The van der Waals surface area contributed by atoms with Crippen LogP contribution in [0.1, 0.15) is 11.1 Å². The van der Waals surface area contributed by atoms with E-state index < -0.39 is 0 Å². The van der Waals surface area contributed by atoms with Crippen molar-refractivity contribution < 1.29 is 0 Å². The number of hydrogen-bond donors (Lipinski definition) is 0. The predicted molar refractivity (Wildman–Crippen MR) is 46.2 cm³/mol. The molecule has 1 heterocycles. The fraction of sp³-hybridized carbons (Fsp3) is 0.286. The number of halogens is 2. The number of alkyl halides is 1. The van der Waals surface area contributed by atoms with Crippen LogP contribution in [0.5, 0.6) is 0 Å². The number of aryl methyl sites for hydroxylation is 1. The summed E-state index contributed by atoms with van der Waals surface area (Å²) in [6, 6.07) is 0. The Balaban J connectivity index is 3.14. The van der Waals surface area contributed by atoms with Crippen molar-refractivity contribution in [3.05, 3.63) is 28.0 Å². The molecule has 3 heteroatoms. The van der Waals surface area contributed by atoms with E-state index in [-0.39, 0.29) is 0 Å². The third-order valence-corrected chi connectivity index (χ3v) is 2.69. The van der Waals surface area contributed by atoms with Crippen LogP contribution < -0.4 is 0 Å². The number of hydrogen-bond acceptors (Lipinski definition) is 1. The van der Waals surface area contributed by atoms with Crippen LogP contribution in [0.3, 0.4) is 0 Å². The molecule has 1 nitrogen and oxygen atoms in total. The molecular formula is C7H7BrClN. The van der Waals surface area contributed by atoms with Gasteiger partial charge in [-0.2, -0.15) is 0 Å². The van der Waals surface area contributed by atoms with Gasteiger partial charge in [-0.3, -0.25) is 4.98 Å². The van der Waals surface area contributed by atoms with Crippen molar-refractivity contribution >= 4 is 27.5 Å². The minimum absolute atomic E-state index is 0.509. The third-order valence-electron chi connectivity index (χ3n) is 1.27. The van der Waals surface area contributed by atoms with Crippen molar-refractivity contribution in [2.75, 3.05) is 0 Å². The molecule has 0 atom stereocenters. The molecule has 0 saturated heterocycles. The zero-order valence-corrected chi connectivity index (χ0v) is 7.91. The Labute approximate surface area is 73.6 Å². The molecule has 1 rings (SSSR count). The standard InChI is InChI=1S/C7H7BrClN/c1-5-3-10-4-6(2-9)7(5)8/h3-4H,2H2,1H3. The molecule has 0 aliphatic heterocycles. The Morgan fingerprint density at radius 2 is 2.30 bits per heavy atom. The number of nitrogens with zero attached hydrogens (tertiary/aromatic N) is 1. The van der Waals surface area contributed by atoms with Crippen molar-refractivity contribution in [1.29, 1.82) is 0 Å². The van der Waals surface area contributed by atoms with E-state index in [0.29, 0.717) is 5.88 Å². The van der Waals surface area contributed by atoms with E-state index in [9.17, 15) is 0 Å². The molecule has 0 unspecified atom stereocenters. The molecule has 0 aromatic carbocycles. The molecule has 0 bridgehead atoms. The van der Waals surface area contributed by atoms with Crippen molar-refractivity contribution in [2.24, 2.45) is 0 Å². The maximum atomic E-state index is 5.63. The summed E-state index contributed by atoms with van der Waals surface area (Å²) >= 11 is 9.05. The lowest BCUT2D eigenvalue weighted by molar-refractivity contribution is 1.18. The largest absolute Gasteiger partial charge is 0.264 e. The highest BCUT2D eigenvalue weighted by Gasteiger charge is 1.99. The van der Waals surface area contributed by atoms with Crippen LogP contribution in [0.4, 0.5) is 0 Å². The smallest absolute Gasteiger partial charge is 0.0500 e. The van der Waals surface area contributed by atoms with Gasteiger partial charge < -0.3 is 0 Å². The van der Waals surface area contributed by atoms with Gasteiger partial charge in [-0.25, -0.2) is 0 Å². The fourth-order valence-electron chi connectivity index (χ4n) is 0.699. The van der Waals surface area contributed by atoms with Crippen LogP contribution in [0.25, 0.3) is 0 Å².